The van der Waals surface area contributed by atoms with Crippen LogP contribution in [0.4, 0.5) is 5.95 Å². The van der Waals surface area contributed by atoms with Crippen molar-refractivity contribution in [1.82, 2.24) is 9.97 Å². The van der Waals surface area contributed by atoms with Crippen LogP contribution in [0.5, 0.6) is 5.75 Å². The first-order valence-electron chi connectivity index (χ1n) is 11.7. The molecule has 2 aromatic heterocycles. The molecule has 0 bridgehead atoms. The Morgan fingerprint density at radius 2 is 1.79 bits per heavy atom. The minimum atomic E-state index is -2.26. The first kappa shape index (κ1) is 22.7. The Kier molecular flexibility index (Phi) is 6.47. The predicted octanol–water partition coefficient (Wildman–Crippen LogP) is 4.55. The highest BCUT2D eigenvalue weighted by molar-refractivity contribution is 7.80. The van der Waals surface area contributed by atoms with Crippen LogP contribution < -0.4 is 10.3 Å². The molecule has 1 aromatic carbocycles. The van der Waals surface area contributed by atoms with Gasteiger partial charge in [-0.2, -0.15) is 0 Å². The number of nitrogens with zero attached hydrogens (tertiary/aromatic N) is 2. The average molecular weight is 482 g/mol. The maximum absolute atomic E-state index is 13.1. The molecule has 8 nitrogen and oxygen atoms in total. The third-order valence-electron chi connectivity index (χ3n) is 6.70. The lowest BCUT2D eigenvalue weighted by Gasteiger charge is -2.21. The monoisotopic (exact) mass is 481 g/mol. The third kappa shape index (κ3) is 4.76. The maximum atomic E-state index is 13.1. The van der Waals surface area contributed by atoms with Gasteiger partial charge in [-0.3, -0.25) is 9.27 Å². The highest BCUT2D eigenvalue weighted by atomic mass is 32.2. The van der Waals surface area contributed by atoms with Crippen LogP contribution in [0.15, 0.2) is 45.7 Å². The van der Waals surface area contributed by atoms with E-state index in [1.807, 2.05) is 24.3 Å². The minimum Gasteiger partial charge on any atom is -0.507 e. The second-order valence-corrected chi connectivity index (χ2v) is 9.72. The number of benzene rings is 1. The van der Waals surface area contributed by atoms with E-state index in [9.17, 15) is 14.1 Å². The number of hydrogen-bond acceptors (Lipinski definition) is 6. The zero-order valence-electron chi connectivity index (χ0n) is 18.7. The summed E-state index contributed by atoms with van der Waals surface area (Å²) < 4.78 is 28.0. The van der Waals surface area contributed by atoms with Crippen molar-refractivity contribution in [1.29, 1.82) is 0 Å². The Morgan fingerprint density at radius 1 is 1.06 bits per heavy atom. The Labute approximate surface area is 199 Å². The maximum Gasteiger partial charge on any atom is 0.343 e. The molecular formula is C25H27N3O5S. The van der Waals surface area contributed by atoms with Gasteiger partial charge in [-0.25, -0.2) is 19.0 Å². The molecule has 3 N–H and O–H groups in total. The highest BCUT2D eigenvalue weighted by Crippen LogP contribution is 2.48. The van der Waals surface area contributed by atoms with Crippen LogP contribution in [0.2, 0.25) is 0 Å². The van der Waals surface area contributed by atoms with Crippen molar-refractivity contribution in [3.05, 3.63) is 69.4 Å². The molecule has 2 unspecified atom stereocenters. The van der Waals surface area contributed by atoms with Crippen LogP contribution in [0.25, 0.3) is 11.3 Å². The summed E-state index contributed by atoms with van der Waals surface area (Å²) in [4.78, 5) is 21.3. The molecule has 0 radical (unpaired) electrons. The van der Waals surface area contributed by atoms with E-state index in [-0.39, 0.29) is 17.6 Å². The Morgan fingerprint density at radius 3 is 2.50 bits per heavy atom. The Bertz CT molecular complexity index is 1270. The van der Waals surface area contributed by atoms with Crippen LogP contribution in [0.3, 0.4) is 0 Å². The smallest absolute Gasteiger partial charge is 0.343 e. The van der Waals surface area contributed by atoms with Gasteiger partial charge in [0.15, 0.2) is 0 Å². The van der Waals surface area contributed by atoms with Gasteiger partial charge in [-0.05, 0) is 49.7 Å². The van der Waals surface area contributed by atoms with Crippen molar-refractivity contribution in [3.63, 3.8) is 0 Å². The quantitative estimate of drug-likeness (QED) is 0.441. The van der Waals surface area contributed by atoms with Crippen LogP contribution >= 0.6 is 0 Å². The topological polar surface area (TPSA) is 126 Å². The molecule has 9 heteroatoms. The summed E-state index contributed by atoms with van der Waals surface area (Å²) in [6.45, 7) is 0. The molecule has 178 valence electrons. The number of aromatic nitrogens is 2. The van der Waals surface area contributed by atoms with E-state index in [1.165, 1.54) is 6.20 Å². The van der Waals surface area contributed by atoms with E-state index in [0.717, 1.165) is 61.6 Å². The molecule has 0 spiro atoms. The Balaban J connectivity index is 1.50. The Hall–Kier alpha value is -3.04. The molecule has 0 amide bonds. The number of fused-ring (bicyclic) bond motifs is 1. The summed E-state index contributed by atoms with van der Waals surface area (Å²) in [7, 11) is 0. The minimum absolute atomic E-state index is 0.0570. The first-order chi connectivity index (χ1) is 16.5. The molecule has 5 rings (SSSR count). The lowest BCUT2D eigenvalue weighted by atomic mass is 9.85. The van der Waals surface area contributed by atoms with Gasteiger partial charge in [0, 0.05) is 29.7 Å². The van der Waals surface area contributed by atoms with E-state index >= 15 is 0 Å². The molecule has 1 fully saturated rings. The summed E-state index contributed by atoms with van der Waals surface area (Å²) in [6.07, 6.45) is 9.13. The van der Waals surface area contributed by atoms with Gasteiger partial charge in [0.1, 0.15) is 11.5 Å². The second-order valence-electron chi connectivity index (χ2n) is 9.02. The van der Waals surface area contributed by atoms with Crippen LogP contribution in [0, 0.1) is 5.92 Å². The standard InChI is InChI=1S/C25H27N3O5S/c29-23-18-5-3-1-2-4-6-20(18)33-24(30)22(23)21(17-11-12-17)16-9-7-15(8-10-16)19-13-14-26-25(27-19)28-34(31)32/h7-10,13-14,17,21,29H,1-6,11-12H2,(H,31,32)(H,26,27,28). The molecule has 0 aliphatic heterocycles. The number of anilines is 1. The lowest BCUT2D eigenvalue weighted by molar-refractivity contribution is 0.382. The first-order valence-corrected chi connectivity index (χ1v) is 12.8. The van der Waals surface area contributed by atoms with Gasteiger partial charge >= 0.3 is 5.63 Å². The van der Waals surface area contributed by atoms with Crippen LogP contribution in [-0.2, 0) is 24.1 Å². The van der Waals surface area contributed by atoms with Crippen LogP contribution in [-0.4, -0.2) is 23.8 Å². The van der Waals surface area contributed by atoms with E-state index in [0.29, 0.717) is 29.4 Å². The molecule has 1 saturated carbocycles. The van der Waals surface area contributed by atoms with Gasteiger partial charge in [-0.1, -0.05) is 37.1 Å². The van der Waals surface area contributed by atoms with Gasteiger partial charge < -0.3 is 9.52 Å². The van der Waals surface area contributed by atoms with Crippen molar-refractivity contribution >= 4 is 17.2 Å². The van der Waals surface area contributed by atoms with Gasteiger partial charge in [0.25, 0.3) is 11.3 Å². The summed E-state index contributed by atoms with van der Waals surface area (Å²) in [5, 5.41) is 11.2. The molecule has 2 aliphatic rings. The van der Waals surface area contributed by atoms with Gasteiger partial charge in [-0.15, -0.1) is 0 Å². The molecule has 0 saturated heterocycles. The summed E-state index contributed by atoms with van der Waals surface area (Å²) in [5.74, 6) is 0.896. The fourth-order valence-corrected chi connectivity index (χ4v) is 5.16. The van der Waals surface area contributed by atoms with E-state index in [2.05, 4.69) is 14.7 Å². The normalized spacial score (nSPS) is 17.8. The zero-order chi connectivity index (χ0) is 23.7. The van der Waals surface area contributed by atoms with Crippen molar-refractivity contribution in [2.45, 2.75) is 57.3 Å². The molecule has 34 heavy (non-hydrogen) atoms. The average Bonchev–Trinajstić information content (AvgIpc) is 3.63. The van der Waals surface area contributed by atoms with E-state index < -0.39 is 16.9 Å². The molecular weight excluding hydrogens is 454 g/mol. The van der Waals surface area contributed by atoms with Gasteiger partial charge in [0.05, 0.1) is 11.3 Å². The number of aryl methyl sites for hydroxylation is 1. The third-order valence-corrected chi connectivity index (χ3v) is 7.06. The van der Waals surface area contributed by atoms with Crippen molar-refractivity contribution < 1.29 is 18.3 Å². The molecule has 3 aromatic rings. The predicted molar refractivity (Wildman–Crippen MR) is 129 cm³/mol. The van der Waals surface area contributed by atoms with Crippen molar-refractivity contribution in [3.8, 4) is 17.0 Å². The summed E-state index contributed by atoms with van der Waals surface area (Å²) >= 11 is -2.26. The number of nitrogens with one attached hydrogen (secondary N) is 1. The molecule has 2 aliphatic carbocycles. The van der Waals surface area contributed by atoms with Crippen LogP contribution in [0.1, 0.15) is 66.9 Å². The van der Waals surface area contributed by atoms with Crippen molar-refractivity contribution in [2.24, 2.45) is 5.92 Å². The second kappa shape index (κ2) is 9.68. The van der Waals surface area contributed by atoms with E-state index in [4.69, 9.17) is 8.97 Å². The van der Waals surface area contributed by atoms with E-state index in [1.54, 1.807) is 6.07 Å². The summed E-state index contributed by atoms with van der Waals surface area (Å²) in [6, 6.07) is 9.42. The number of aromatic hydroxyl groups is 1. The fourth-order valence-electron chi connectivity index (χ4n) is 4.91. The SMILES string of the molecule is O=c1oc2c(c(O)c1C(c1ccc(-c3ccnc(NS(=O)O)n3)cc1)C1CC1)CCCCCC2. The molecule has 2 atom stereocenters. The fraction of sp³-hybridized carbons (Fsp3) is 0.400. The lowest BCUT2D eigenvalue weighted by Crippen LogP contribution is -2.19. The summed E-state index contributed by atoms with van der Waals surface area (Å²) in [5.41, 5.74) is 3.11. The number of hydrogen-bond donors (Lipinski definition) is 3. The van der Waals surface area contributed by atoms with Gasteiger partial charge in [0.2, 0.25) is 5.95 Å². The number of rotatable bonds is 6. The largest absolute Gasteiger partial charge is 0.507 e. The zero-order valence-corrected chi connectivity index (χ0v) is 19.5. The highest BCUT2D eigenvalue weighted by Gasteiger charge is 2.38. The molecule has 2 heterocycles. The van der Waals surface area contributed by atoms with Crippen molar-refractivity contribution in [2.75, 3.05) is 4.72 Å².